The van der Waals surface area contributed by atoms with Crippen molar-refractivity contribution in [2.45, 2.75) is 32.3 Å². The van der Waals surface area contributed by atoms with Crippen LogP contribution in [0.4, 0.5) is 0 Å². The fourth-order valence-electron chi connectivity index (χ4n) is 1.35. The molecule has 2 heteroatoms. The molecule has 0 aromatic carbocycles. The van der Waals surface area contributed by atoms with Gasteiger partial charge in [0.25, 0.3) is 0 Å². The average molecular weight is 163 g/mol. The molecular weight excluding hydrogens is 148 g/mol. The third-order valence-corrected chi connectivity index (χ3v) is 2.60. The lowest BCUT2D eigenvalue weighted by Gasteiger charge is -2.12. The van der Waals surface area contributed by atoms with E-state index < -0.39 is 0 Å². The van der Waals surface area contributed by atoms with Crippen LogP contribution in [0.25, 0.3) is 0 Å². The van der Waals surface area contributed by atoms with Crippen LogP contribution < -0.4 is 0 Å². The third kappa shape index (κ3) is 2.47. The first-order chi connectivity index (χ1) is 4.74. The van der Waals surface area contributed by atoms with Crippen LogP contribution in [0.15, 0.2) is 0 Å². The summed E-state index contributed by atoms with van der Waals surface area (Å²) in [4.78, 5) is 0. The van der Waals surface area contributed by atoms with E-state index in [0.717, 1.165) is 12.3 Å². The van der Waals surface area contributed by atoms with Gasteiger partial charge in [0, 0.05) is 5.88 Å². The molecule has 60 valence electrons. The highest BCUT2D eigenvalue weighted by Crippen LogP contribution is 2.38. The van der Waals surface area contributed by atoms with Crippen molar-refractivity contribution in [3.05, 3.63) is 0 Å². The van der Waals surface area contributed by atoms with Crippen LogP contribution in [0.5, 0.6) is 0 Å². The van der Waals surface area contributed by atoms with Crippen LogP contribution in [0.3, 0.4) is 0 Å². The van der Waals surface area contributed by atoms with Gasteiger partial charge in [-0.1, -0.05) is 6.92 Å². The van der Waals surface area contributed by atoms with Crippen molar-refractivity contribution in [1.29, 1.82) is 0 Å². The van der Waals surface area contributed by atoms with E-state index >= 15 is 0 Å². The minimum absolute atomic E-state index is 0.280. The van der Waals surface area contributed by atoms with E-state index in [4.69, 9.17) is 11.6 Å². The lowest BCUT2D eigenvalue weighted by molar-refractivity contribution is 0.162. The van der Waals surface area contributed by atoms with Crippen molar-refractivity contribution in [1.82, 2.24) is 0 Å². The van der Waals surface area contributed by atoms with Crippen molar-refractivity contribution < 1.29 is 5.11 Å². The Labute approximate surface area is 67.4 Å². The monoisotopic (exact) mass is 162 g/mol. The normalized spacial score (nSPS) is 24.3. The number of rotatable bonds is 4. The van der Waals surface area contributed by atoms with Gasteiger partial charge >= 0.3 is 0 Å². The molecule has 1 rings (SSSR count). The third-order valence-electron chi connectivity index (χ3n) is 2.25. The highest BCUT2D eigenvalue weighted by atomic mass is 35.5. The molecule has 1 N–H and O–H groups in total. The van der Waals surface area contributed by atoms with Crippen molar-refractivity contribution >= 4 is 11.6 Å². The highest BCUT2D eigenvalue weighted by molar-refractivity contribution is 6.18. The van der Waals surface area contributed by atoms with Crippen LogP contribution in [-0.4, -0.2) is 17.1 Å². The molecule has 10 heavy (non-hydrogen) atoms. The number of alkyl halides is 1. The summed E-state index contributed by atoms with van der Waals surface area (Å²) < 4.78 is 0. The van der Waals surface area contributed by atoms with Gasteiger partial charge in [-0.2, -0.15) is 0 Å². The van der Waals surface area contributed by atoms with Crippen molar-refractivity contribution in [2.75, 3.05) is 5.88 Å². The molecule has 0 aliphatic heterocycles. The molecule has 1 saturated carbocycles. The molecule has 1 nitrogen and oxygen atoms in total. The smallest absolute Gasteiger partial charge is 0.0678 e. The molecule has 0 spiro atoms. The molecule has 0 aromatic rings. The Morgan fingerprint density at radius 3 is 2.60 bits per heavy atom. The minimum atomic E-state index is -0.280. The second-order valence-electron chi connectivity index (χ2n) is 3.36. The summed E-state index contributed by atoms with van der Waals surface area (Å²) in [5.74, 6) is 1.95. The Kier molecular flexibility index (Phi) is 2.99. The zero-order chi connectivity index (χ0) is 7.56. The van der Waals surface area contributed by atoms with E-state index in [2.05, 4.69) is 6.92 Å². The van der Waals surface area contributed by atoms with Crippen molar-refractivity contribution in [3.63, 3.8) is 0 Å². The first kappa shape index (κ1) is 8.35. The summed E-state index contributed by atoms with van der Waals surface area (Å²) in [6.45, 7) is 2.20. The Balaban J connectivity index is 2.10. The second kappa shape index (κ2) is 3.59. The molecule has 0 radical (unpaired) electrons. The van der Waals surface area contributed by atoms with Gasteiger partial charge in [-0.25, -0.2) is 0 Å². The van der Waals surface area contributed by atoms with Crippen LogP contribution >= 0.6 is 11.6 Å². The predicted molar refractivity (Wildman–Crippen MR) is 43.2 cm³/mol. The minimum Gasteiger partial charge on any atom is -0.392 e. The molecule has 0 aromatic heterocycles. The summed E-state index contributed by atoms with van der Waals surface area (Å²) in [5, 5.41) is 9.17. The van der Waals surface area contributed by atoms with E-state index in [-0.39, 0.29) is 6.10 Å². The van der Waals surface area contributed by atoms with E-state index in [0.29, 0.717) is 11.8 Å². The number of aliphatic hydroxyl groups excluding tert-OH is 1. The largest absolute Gasteiger partial charge is 0.392 e. The van der Waals surface area contributed by atoms with Gasteiger partial charge in [0.2, 0.25) is 0 Å². The summed E-state index contributed by atoms with van der Waals surface area (Å²) in [6, 6.07) is 0. The molecule has 0 amide bonds. The highest BCUT2D eigenvalue weighted by Gasteiger charge is 2.28. The van der Waals surface area contributed by atoms with Crippen molar-refractivity contribution in [3.8, 4) is 0 Å². The number of hydrogen-bond donors (Lipinski definition) is 1. The maximum atomic E-state index is 9.17. The lowest BCUT2D eigenvalue weighted by atomic mass is 9.99. The van der Waals surface area contributed by atoms with E-state index in [9.17, 15) is 5.11 Å². The summed E-state index contributed by atoms with van der Waals surface area (Å²) in [6.07, 6.45) is 3.32. The number of halogens is 1. The number of hydrogen-bond acceptors (Lipinski definition) is 1. The van der Waals surface area contributed by atoms with Crippen LogP contribution in [0.2, 0.25) is 0 Å². The lowest BCUT2D eigenvalue weighted by Crippen LogP contribution is -2.14. The molecule has 1 aliphatic rings. The molecular formula is C8H15ClO. The van der Waals surface area contributed by atoms with Crippen molar-refractivity contribution in [2.24, 2.45) is 11.8 Å². The summed E-state index contributed by atoms with van der Waals surface area (Å²) >= 11 is 5.47. The predicted octanol–water partition coefficient (Wildman–Crippen LogP) is 2.02. The van der Waals surface area contributed by atoms with Gasteiger partial charge in [0.05, 0.1) is 6.10 Å². The average Bonchev–Trinajstić information content (AvgIpc) is 2.68. The summed E-state index contributed by atoms with van der Waals surface area (Å²) in [7, 11) is 0. The maximum absolute atomic E-state index is 9.17. The van der Waals surface area contributed by atoms with E-state index in [1.165, 1.54) is 12.8 Å². The van der Waals surface area contributed by atoms with E-state index in [1.54, 1.807) is 0 Å². The molecule has 0 saturated heterocycles. The quantitative estimate of drug-likeness (QED) is 0.628. The topological polar surface area (TPSA) is 20.2 Å². The van der Waals surface area contributed by atoms with Gasteiger partial charge in [-0.05, 0) is 31.1 Å². The summed E-state index contributed by atoms with van der Waals surface area (Å²) in [5.41, 5.74) is 0. The maximum Gasteiger partial charge on any atom is 0.0678 e. The zero-order valence-corrected chi connectivity index (χ0v) is 7.14. The Morgan fingerprint density at radius 2 is 2.20 bits per heavy atom. The first-order valence-electron chi connectivity index (χ1n) is 3.98. The molecule has 2 unspecified atom stereocenters. The molecule has 1 aliphatic carbocycles. The second-order valence-corrected chi connectivity index (χ2v) is 3.67. The standard InChI is InChI=1S/C8H15ClO/c1-6(7-2-3-7)4-8(10)5-9/h6-8,10H,2-5H2,1H3. The molecule has 1 fully saturated rings. The van der Waals surface area contributed by atoms with Gasteiger partial charge in [-0.3, -0.25) is 0 Å². The Bertz CT molecular complexity index is 101. The first-order valence-corrected chi connectivity index (χ1v) is 4.51. The van der Waals surface area contributed by atoms with Gasteiger partial charge in [0.15, 0.2) is 0 Å². The van der Waals surface area contributed by atoms with Crippen LogP contribution in [0.1, 0.15) is 26.2 Å². The fraction of sp³-hybridized carbons (Fsp3) is 1.00. The van der Waals surface area contributed by atoms with Crippen LogP contribution in [0, 0.1) is 11.8 Å². The molecule has 0 bridgehead atoms. The number of aliphatic hydroxyl groups is 1. The Morgan fingerprint density at radius 1 is 1.60 bits per heavy atom. The fourth-order valence-corrected chi connectivity index (χ4v) is 1.48. The van der Waals surface area contributed by atoms with Gasteiger partial charge in [-0.15, -0.1) is 11.6 Å². The van der Waals surface area contributed by atoms with Gasteiger partial charge in [0.1, 0.15) is 0 Å². The van der Waals surface area contributed by atoms with Gasteiger partial charge < -0.3 is 5.11 Å². The van der Waals surface area contributed by atoms with Crippen LogP contribution in [-0.2, 0) is 0 Å². The zero-order valence-electron chi connectivity index (χ0n) is 6.39. The van der Waals surface area contributed by atoms with E-state index in [1.807, 2.05) is 0 Å². The molecule has 2 atom stereocenters. The molecule has 0 heterocycles. The Hall–Kier alpha value is 0.250. The SMILES string of the molecule is CC(CC(O)CCl)C1CC1.